The number of benzene rings is 2. The van der Waals surface area contributed by atoms with Crippen LogP contribution in [0.3, 0.4) is 0 Å². The summed E-state index contributed by atoms with van der Waals surface area (Å²) >= 11 is 3.97. The summed E-state index contributed by atoms with van der Waals surface area (Å²) in [7, 11) is 1.69. The fourth-order valence-electron chi connectivity index (χ4n) is 4.99. The van der Waals surface area contributed by atoms with Crippen molar-refractivity contribution in [1.82, 2.24) is 0 Å². The zero-order chi connectivity index (χ0) is 23.8. The van der Waals surface area contributed by atoms with E-state index >= 15 is 0 Å². The summed E-state index contributed by atoms with van der Waals surface area (Å²) in [5.41, 5.74) is 3.73. The molecule has 0 spiro atoms. The molecule has 2 fully saturated rings. The van der Waals surface area contributed by atoms with Gasteiger partial charge in [-0.1, -0.05) is 42.0 Å². The molecule has 0 bridgehead atoms. The molecule has 2 aliphatic rings. The van der Waals surface area contributed by atoms with Crippen LogP contribution in [-0.2, 0) is 6.42 Å². The van der Waals surface area contributed by atoms with Crippen LogP contribution in [0.15, 0.2) is 58.3 Å². The number of hydrogen-bond acceptors (Lipinski definition) is 5. The lowest BCUT2D eigenvalue weighted by Crippen LogP contribution is -2.17. The molecular formula is C29H35NO2S2. The highest BCUT2D eigenvalue weighted by Gasteiger charge is 2.27. The van der Waals surface area contributed by atoms with E-state index in [0.717, 1.165) is 42.7 Å². The third-order valence-corrected chi connectivity index (χ3v) is 9.68. The van der Waals surface area contributed by atoms with E-state index in [2.05, 4.69) is 55.5 Å². The Labute approximate surface area is 213 Å². The minimum atomic E-state index is -0.216. The van der Waals surface area contributed by atoms with Crippen molar-refractivity contribution >= 4 is 23.5 Å². The predicted molar refractivity (Wildman–Crippen MR) is 145 cm³/mol. The molecule has 1 heterocycles. The largest absolute Gasteiger partial charge is 0.493 e. The minimum absolute atomic E-state index is 0.191. The molecule has 2 aromatic carbocycles. The van der Waals surface area contributed by atoms with Gasteiger partial charge in [0.25, 0.3) is 0 Å². The fourth-order valence-corrected chi connectivity index (χ4v) is 7.62. The normalized spacial score (nSPS) is 18.2. The van der Waals surface area contributed by atoms with Gasteiger partial charge in [0.05, 0.1) is 25.2 Å². The zero-order valence-electron chi connectivity index (χ0n) is 20.3. The Morgan fingerprint density at radius 1 is 1.03 bits per heavy atom. The number of thioether (sulfide) groups is 2. The first-order valence-corrected chi connectivity index (χ1v) is 14.4. The highest BCUT2D eigenvalue weighted by molar-refractivity contribution is 8.22. The maximum absolute atomic E-state index is 10.4. The highest BCUT2D eigenvalue weighted by atomic mass is 32.2. The van der Waals surface area contributed by atoms with Gasteiger partial charge in [-0.3, -0.25) is 0 Å². The van der Waals surface area contributed by atoms with Crippen molar-refractivity contribution in [3.05, 3.63) is 69.5 Å². The summed E-state index contributed by atoms with van der Waals surface area (Å²) in [6.45, 7) is 2.26. The fraction of sp³-hybridized carbons (Fsp3) is 0.483. The number of hydrogen-bond donors (Lipinski definition) is 0. The van der Waals surface area contributed by atoms with Crippen molar-refractivity contribution in [2.24, 2.45) is 5.92 Å². The Hall–Kier alpha value is -2.03. The van der Waals surface area contributed by atoms with Crippen molar-refractivity contribution < 1.29 is 9.47 Å². The predicted octanol–water partition coefficient (Wildman–Crippen LogP) is 7.97. The van der Waals surface area contributed by atoms with E-state index in [-0.39, 0.29) is 17.9 Å². The zero-order valence-corrected chi connectivity index (χ0v) is 21.9. The minimum Gasteiger partial charge on any atom is -0.493 e. The lowest BCUT2D eigenvalue weighted by molar-refractivity contribution is 0.200. The van der Waals surface area contributed by atoms with Gasteiger partial charge in [0.2, 0.25) is 0 Å². The van der Waals surface area contributed by atoms with Crippen LogP contribution in [0.1, 0.15) is 62.5 Å². The molecular weight excluding hydrogens is 458 g/mol. The number of nitrogens with zero attached hydrogens (tertiary/aromatic N) is 1. The second-order valence-electron chi connectivity index (χ2n) is 9.31. The van der Waals surface area contributed by atoms with Crippen molar-refractivity contribution in [3.63, 3.8) is 0 Å². The van der Waals surface area contributed by atoms with Crippen molar-refractivity contribution in [1.29, 1.82) is 5.26 Å². The molecule has 2 unspecified atom stereocenters. The van der Waals surface area contributed by atoms with Crippen LogP contribution < -0.4 is 9.47 Å². The first kappa shape index (κ1) is 25.1. The maximum atomic E-state index is 10.4. The molecule has 34 heavy (non-hydrogen) atoms. The summed E-state index contributed by atoms with van der Waals surface area (Å²) in [6, 6.07) is 19.4. The number of ether oxygens (including phenoxy) is 2. The van der Waals surface area contributed by atoms with E-state index in [0.29, 0.717) is 0 Å². The van der Waals surface area contributed by atoms with Crippen LogP contribution in [0.25, 0.3) is 0 Å². The molecule has 1 aliphatic carbocycles. The number of rotatable bonds is 9. The first-order chi connectivity index (χ1) is 16.7. The Kier molecular flexibility index (Phi) is 9.30. The van der Waals surface area contributed by atoms with Gasteiger partial charge in [-0.15, -0.1) is 23.5 Å². The van der Waals surface area contributed by atoms with Gasteiger partial charge in [-0.05, 0) is 92.6 Å². The molecule has 1 saturated heterocycles. The quantitative estimate of drug-likeness (QED) is 0.354. The topological polar surface area (TPSA) is 42.2 Å². The summed E-state index contributed by atoms with van der Waals surface area (Å²) in [4.78, 5) is 0. The van der Waals surface area contributed by atoms with Crippen LogP contribution in [0.4, 0.5) is 0 Å². The number of methoxy groups -OCH3 is 1. The molecule has 0 N–H and O–H groups in total. The van der Waals surface area contributed by atoms with E-state index in [1.165, 1.54) is 46.1 Å². The molecule has 1 saturated carbocycles. The highest BCUT2D eigenvalue weighted by Crippen LogP contribution is 2.42. The Balaban J connectivity index is 1.63. The van der Waals surface area contributed by atoms with Crippen LogP contribution >= 0.6 is 23.5 Å². The van der Waals surface area contributed by atoms with Crippen LogP contribution in [0.2, 0.25) is 0 Å². The Morgan fingerprint density at radius 2 is 1.76 bits per heavy atom. The molecule has 0 aromatic heterocycles. The van der Waals surface area contributed by atoms with E-state index in [1.807, 2.05) is 29.6 Å². The van der Waals surface area contributed by atoms with Gasteiger partial charge in [-0.2, -0.15) is 5.26 Å². The average molecular weight is 494 g/mol. The van der Waals surface area contributed by atoms with Crippen molar-refractivity contribution in [3.8, 4) is 17.6 Å². The number of nitriles is 1. The third-order valence-electron chi connectivity index (χ3n) is 6.77. The van der Waals surface area contributed by atoms with E-state index in [4.69, 9.17) is 9.47 Å². The summed E-state index contributed by atoms with van der Waals surface area (Å²) in [5, 5.41) is 10.4. The molecule has 0 amide bonds. The van der Waals surface area contributed by atoms with E-state index in [9.17, 15) is 5.26 Å². The second kappa shape index (κ2) is 12.6. The van der Waals surface area contributed by atoms with Gasteiger partial charge in [0.15, 0.2) is 11.5 Å². The molecule has 0 radical (unpaired) electrons. The van der Waals surface area contributed by atoms with Crippen molar-refractivity contribution in [2.75, 3.05) is 18.6 Å². The monoisotopic (exact) mass is 493 g/mol. The molecule has 180 valence electrons. The first-order valence-electron chi connectivity index (χ1n) is 12.4. The number of allylic oxidation sites excluding steroid dienone is 1. The van der Waals surface area contributed by atoms with Gasteiger partial charge in [0.1, 0.15) is 0 Å². The summed E-state index contributed by atoms with van der Waals surface area (Å²) in [6.07, 6.45) is 7.94. The Bertz CT molecular complexity index is 1000. The smallest absolute Gasteiger partial charge is 0.161 e. The Morgan fingerprint density at radius 3 is 2.44 bits per heavy atom. The van der Waals surface area contributed by atoms with Crippen LogP contribution in [-0.4, -0.2) is 24.7 Å². The standard InChI is InChI=1S/C29H35NO2S2/c1-21(29-33-15-8-16-34-29)17-24(18-22-9-4-3-5-10-22)26(20-30)23-13-14-27(31-2)28(19-23)32-25-11-6-7-12-25/h3-5,9-10,13-14,19,24-26H,6-8,11-12,15-18H2,1-2H3. The van der Waals surface area contributed by atoms with Crippen LogP contribution in [0.5, 0.6) is 11.5 Å². The van der Waals surface area contributed by atoms with E-state index < -0.39 is 0 Å². The molecule has 3 nitrogen and oxygen atoms in total. The van der Waals surface area contributed by atoms with Gasteiger partial charge < -0.3 is 9.47 Å². The van der Waals surface area contributed by atoms with Crippen LogP contribution in [0, 0.1) is 17.2 Å². The average Bonchev–Trinajstić information content (AvgIpc) is 3.39. The molecule has 1 aliphatic heterocycles. The molecule has 5 heteroatoms. The van der Waals surface area contributed by atoms with E-state index in [1.54, 1.807) is 7.11 Å². The van der Waals surface area contributed by atoms with Gasteiger partial charge >= 0.3 is 0 Å². The third kappa shape index (κ3) is 6.55. The maximum Gasteiger partial charge on any atom is 0.161 e. The SMILES string of the molecule is COc1ccc(C(C#N)C(CC(C)=C2SCCCS2)Cc2ccccc2)cc1OC1CCCC1. The van der Waals surface area contributed by atoms with Gasteiger partial charge in [0, 0.05) is 4.24 Å². The van der Waals surface area contributed by atoms with Gasteiger partial charge in [-0.25, -0.2) is 0 Å². The van der Waals surface area contributed by atoms with Crippen molar-refractivity contribution in [2.45, 2.75) is 63.9 Å². The lowest BCUT2D eigenvalue weighted by Gasteiger charge is -2.26. The molecule has 2 aromatic rings. The summed E-state index contributed by atoms with van der Waals surface area (Å²) < 4.78 is 13.4. The lowest BCUT2D eigenvalue weighted by atomic mass is 9.79. The molecule has 4 rings (SSSR count). The molecule has 2 atom stereocenters. The summed E-state index contributed by atoms with van der Waals surface area (Å²) in [5.74, 6) is 3.90. The second-order valence-corrected chi connectivity index (χ2v) is 11.8.